The average Bonchev–Trinajstić information content (AvgIpc) is 3.77. The third-order valence-corrected chi connectivity index (χ3v) is 12.2. The van der Waals surface area contributed by atoms with E-state index in [-0.39, 0.29) is 34.1 Å². The molecular weight excluding hydrogens is 677 g/mol. The van der Waals surface area contributed by atoms with Crippen LogP contribution in [-0.4, -0.2) is 107 Å². The second-order valence-corrected chi connectivity index (χ2v) is 16.7. The molecule has 0 aromatic carbocycles. The van der Waals surface area contributed by atoms with Crippen LogP contribution in [0.1, 0.15) is 12.5 Å². The minimum Gasteiger partial charge on any atom is -0.387 e. The molecule has 3 saturated heterocycles. The summed E-state index contributed by atoms with van der Waals surface area (Å²) in [7, 11) is -4.10. The molecule has 46 heavy (non-hydrogen) atoms. The number of nitrogens with two attached hydrogens (primary N) is 2. The number of halogens is 1. The molecule has 6 N–H and O–H groups in total. The van der Waals surface area contributed by atoms with E-state index >= 15 is 4.39 Å². The normalized spacial score (nSPS) is 37.1. The lowest BCUT2D eigenvalue weighted by molar-refractivity contribution is -0.0578. The Morgan fingerprint density at radius 1 is 0.978 bits per heavy atom. The number of H-pyrrole nitrogens is 1. The average molecular weight is 705 g/mol. The number of fused-ring (bicyclic) bond motifs is 5. The van der Waals surface area contributed by atoms with Crippen molar-refractivity contribution >= 4 is 59.9 Å². The number of anilines is 2. The highest BCUT2D eigenvalue weighted by atomic mass is 32.7. The van der Waals surface area contributed by atoms with Gasteiger partial charge >= 0.3 is 14.4 Å². The van der Waals surface area contributed by atoms with E-state index in [1.54, 1.807) is 0 Å². The van der Waals surface area contributed by atoms with Gasteiger partial charge in [-0.25, -0.2) is 28.9 Å². The van der Waals surface area contributed by atoms with Gasteiger partial charge in [0.15, 0.2) is 41.3 Å². The van der Waals surface area contributed by atoms with Crippen LogP contribution in [0, 0.1) is 0 Å². The molecule has 0 saturated carbocycles. The number of nitrogens with zero attached hydrogens (tertiary/aromatic N) is 7. The molecule has 3 aliphatic heterocycles. The number of imidazole rings is 2. The molecule has 7 rings (SSSR count). The van der Waals surface area contributed by atoms with E-state index in [9.17, 15) is 19.0 Å². The van der Waals surface area contributed by atoms with Gasteiger partial charge in [0.05, 0.1) is 25.9 Å². The third kappa shape index (κ3) is 5.41. The van der Waals surface area contributed by atoms with E-state index in [0.29, 0.717) is 11.4 Å². The van der Waals surface area contributed by atoms with Crippen LogP contribution in [0.25, 0.3) is 22.3 Å². The first-order valence-electron chi connectivity index (χ1n) is 13.6. The molecule has 7 heterocycles. The van der Waals surface area contributed by atoms with Gasteiger partial charge in [0.1, 0.15) is 42.4 Å². The number of ether oxygens (including phenoxy) is 2. The molecule has 0 amide bonds. The first kappa shape index (κ1) is 31.6. The van der Waals surface area contributed by atoms with E-state index in [2.05, 4.69) is 29.9 Å². The minimum absolute atomic E-state index is 0.0130. The zero-order valence-corrected chi connectivity index (χ0v) is 26.5. The van der Waals surface area contributed by atoms with Crippen LogP contribution in [0.2, 0.25) is 0 Å². The highest BCUT2D eigenvalue weighted by molar-refractivity contribution is 8.54. The fourth-order valence-electron chi connectivity index (χ4n) is 5.46. The molecule has 4 aromatic heterocycles. The quantitative estimate of drug-likeness (QED) is 0.214. The maximum Gasteiger partial charge on any atom is 0.389 e. The fourth-order valence-corrected chi connectivity index (χ4v) is 8.79. The maximum absolute atomic E-state index is 16.2. The van der Waals surface area contributed by atoms with Gasteiger partial charge < -0.3 is 30.6 Å². The van der Waals surface area contributed by atoms with E-state index in [1.165, 1.54) is 34.4 Å². The number of hydrogen-bond acceptors (Lipinski definition) is 18. The fraction of sp³-hybridized carbons (Fsp3) is 0.545. The zero-order valence-electron chi connectivity index (χ0n) is 23.9. The van der Waals surface area contributed by atoms with E-state index in [0.717, 1.165) is 6.66 Å². The molecule has 8 unspecified atom stereocenters. The van der Waals surface area contributed by atoms with Crippen molar-refractivity contribution in [3.63, 3.8) is 0 Å². The van der Waals surface area contributed by atoms with Gasteiger partial charge in [-0.15, -0.1) is 0 Å². The van der Waals surface area contributed by atoms with Crippen molar-refractivity contribution in [2.24, 2.45) is 0 Å². The number of alkyl halides is 1. The number of rotatable bonds is 3. The molecule has 0 radical (unpaired) electrons. The first-order valence-corrected chi connectivity index (χ1v) is 18.9. The van der Waals surface area contributed by atoms with Crippen molar-refractivity contribution in [2.45, 2.75) is 49.1 Å². The third-order valence-electron chi connectivity index (χ3n) is 7.62. The summed E-state index contributed by atoms with van der Waals surface area (Å²) in [5, 5.41) is 11.2. The lowest BCUT2D eigenvalue weighted by atomic mass is 10.1. The monoisotopic (exact) mass is 704 g/mol. The van der Waals surface area contributed by atoms with Gasteiger partial charge in [-0.3, -0.25) is 37.0 Å². The van der Waals surface area contributed by atoms with Crippen molar-refractivity contribution in [3.8, 4) is 0 Å². The molecule has 3 fully saturated rings. The van der Waals surface area contributed by atoms with Gasteiger partial charge in [-0.05, 0) is 17.6 Å². The second kappa shape index (κ2) is 11.6. The summed E-state index contributed by atoms with van der Waals surface area (Å²) in [5.74, 6) is -0.147. The van der Waals surface area contributed by atoms with Crippen LogP contribution in [-0.2, 0) is 36.7 Å². The van der Waals surface area contributed by atoms with Crippen LogP contribution < -0.4 is 17.0 Å². The summed E-state index contributed by atoms with van der Waals surface area (Å²) >= 11 is 0.680. The molecule has 4 aromatic rings. The van der Waals surface area contributed by atoms with Gasteiger partial charge in [-0.1, -0.05) is 0 Å². The highest BCUT2D eigenvalue weighted by Gasteiger charge is 2.54. The van der Waals surface area contributed by atoms with Crippen molar-refractivity contribution in [3.05, 3.63) is 29.3 Å². The topological polar surface area (TPSA) is 269 Å². The molecule has 10 atom stereocenters. The number of hydrogen-bond donors (Lipinski definition) is 4. The predicted octanol–water partition coefficient (Wildman–Crippen LogP) is 0.729. The van der Waals surface area contributed by atoms with E-state index < -0.39 is 82.3 Å². The Morgan fingerprint density at radius 2 is 1.67 bits per heavy atom. The van der Waals surface area contributed by atoms with Crippen LogP contribution in [0.5, 0.6) is 0 Å². The second-order valence-electron chi connectivity index (χ2n) is 10.6. The number of aromatic nitrogens is 8. The van der Waals surface area contributed by atoms with E-state index in [4.69, 9.17) is 39.0 Å². The number of nitrogens with one attached hydrogen (secondary N) is 1. The SMILES string of the molecule is CSP1(=O)OCC2O[C@@H](n3cnc4c(=O)[nH]c(N)nc43)C(OP(C)(=O)OCC3O[C@@H](n4cnc5c(N)ncnc54)C(F)C3O1)C2O. The molecular formula is C22H27FN10O10P2S. The van der Waals surface area contributed by atoms with Crippen LogP contribution in [0.15, 0.2) is 23.8 Å². The van der Waals surface area contributed by atoms with Crippen LogP contribution in [0.3, 0.4) is 0 Å². The molecule has 0 aliphatic carbocycles. The van der Waals surface area contributed by atoms with Crippen LogP contribution >= 0.6 is 25.8 Å². The first-order chi connectivity index (χ1) is 21.9. The summed E-state index contributed by atoms with van der Waals surface area (Å²) in [4.78, 5) is 35.0. The lowest BCUT2D eigenvalue weighted by Crippen LogP contribution is -2.35. The van der Waals surface area contributed by atoms with E-state index in [1.807, 2.05) is 0 Å². The highest BCUT2D eigenvalue weighted by Crippen LogP contribution is 2.62. The minimum atomic E-state index is -4.17. The number of aromatic amines is 1. The Bertz CT molecular complexity index is 1960. The summed E-state index contributed by atoms with van der Waals surface area (Å²) in [6.45, 7) is -4.13. The van der Waals surface area contributed by atoms with Gasteiger partial charge in [0.2, 0.25) is 5.95 Å². The Kier molecular flexibility index (Phi) is 7.95. The number of aliphatic hydroxyl groups excluding tert-OH is 1. The molecule has 248 valence electrons. The van der Waals surface area contributed by atoms with Crippen molar-refractivity contribution in [1.82, 2.24) is 39.0 Å². The van der Waals surface area contributed by atoms with Crippen LogP contribution in [0.4, 0.5) is 16.2 Å². The van der Waals surface area contributed by atoms with Gasteiger partial charge in [0.25, 0.3) is 5.56 Å². The zero-order chi connectivity index (χ0) is 32.5. The molecule has 20 nitrogen and oxygen atoms in total. The van der Waals surface area contributed by atoms with Gasteiger partial charge in [0, 0.05) is 6.66 Å². The Morgan fingerprint density at radius 3 is 2.43 bits per heavy atom. The Balaban J connectivity index is 1.22. The molecule has 0 spiro atoms. The van der Waals surface area contributed by atoms with Crippen molar-refractivity contribution in [1.29, 1.82) is 0 Å². The smallest absolute Gasteiger partial charge is 0.387 e. The number of nitrogen functional groups attached to an aromatic ring is 2. The molecule has 24 heteroatoms. The van der Waals surface area contributed by atoms with Crippen molar-refractivity contribution in [2.75, 3.05) is 37.6 Å². The molecule has 2 bridgehead atoms. The standard InChI is InChI=1S/C22H27FN10O10P2S/c1-44(36)38-4-9-14(10(23)20(41-9)32-6-28-11-16(24)26-5-27-17(11)32)43-45(37,46-2)39-3-8-13(34)15(42-44)21(40-8)33-7-29-12-18(33)30-22(25)31-19(12)35/h5-10,13-15,20-21,34H,3-4H2,1-2H3,(H2,24,26,27)(H3,25,30,31,35)/t8?,9?,10?,13?,14?,15?,20-,21-,44?,45?/m1/s1. The Hall–Kier alpha value is -3.04. The largest absolute Gasteiger partial charge is 0.389 e. The molecule has 3 aliphatic rings. The number of aliphatic hydroxyl groups is 1. The lowest BCUT2D eigenvalue weighted by Gasteiger charge is -2.27. The van der Waals surface area contributed by atoms with Crippen molar-refractivity contribution < 1.29 is 46.2 Å². The van der Waals surface area contributed by atoms with Gasteiger partial charge in [-0.2, -0.15) is 4.98 Å². The summed E-state index contributed by atoms with van der Waals surface area (Å²) in [5.41, 5.74) is 11.2. The maximum atomic E-state index is 16.2. The summed E-state index contributed by atoms with van der Waals surface area (Å²) < 4.78 is 81.1. The summed E-state index contributed by atoms with van der Waals surface area (Å²) in [6.07, 6.45) is -6.62. The summed E-state index contributed by atoms with van der Waals surface area (Å²) in [6, 6.07) is 0. The Labute approximate surface area is 261 Å². The predicted molar refractivity (Wildman–Crippen MR) is 157 cm³/mol.